The Morgan fingerprint density at radius 3 is 2.86 bits per heavy atom. The molecule has 0 fully saturated rings. The summed E-state index contributed by atoms with van der Waals surface area (Å²) in [6, 6.07) is 4.78. The Labute approximate surface area is 120 Å². The molecule has 1 aromatic carbocycles. The predicted octanol–water partition coefficient (Wildman–Crippen LogP) is 1.56. The van der Waals surface area contributed by atoms with Gasteiger partial charge in [0.25, 0.3) is 0 Å². The molecule has 1 amide bonds. The first-order valence-corrected chi connectivity index (χ1v) is 6.51. The molecule has 0 atom stereocenters. The van der Waals surface area contributed by atoms with Crippen LogP contribution in [0.4, 0.5) is 5.69 Å². The van der Waals surface area contributed by atoms with Gasteiger partial charge in [0.2, 0.25) is 5.91 Å². The highest BCUT2D eigenvalue weighted by atomic mass is 16.6. The van der Waals surface area contributed by atoms with Crippen molar-refractivity contribution in [2.45, 2.75) is 26.3 Å². The molecular formula is C14H13N3O4. The molecule has 0 spiro atoms. The SMILES string of the molecule is Cc1nonc1CN1C(=O)CCc2cc(C(=O)O)ccc21. The minimum absolute atomic E-state index is 0.0204. The second-order valence-electron chi connectivity index (χ2n) is 4.92. The van der Waals surface area contributed by atoms with Crippen molar-refractivity contribution in [1.29, 1.82) is 0 Å². The Bertz CT molecular complexity index is 723. The van der Waals surface area contributed by atoms with Gasteiger partial charge in [0.1, 0.15) is 11.4 Å². The molecule has 21 heavy (non-hydrogen) atoms. The summed E-state index contributed by atoms with van der Waals surface area (Å²) >= 11 is 0. The third-order valence-electron chi connectivity index (χ3n) is 3.58. The number of hydrogen-bond acceptors (Lipinski definition) is 5. The van der Waals surface area contributed by atoms with Crippen LogP contribution in [0.15, 0.2) is 22.8 Å². The maximum atomic E-state index is 12.1. The summed E-state index contributed by atoms with van der Waals surface area (Å²) in [5, 5.41) is 16.5. The molecule has 1 aliphatic rings. The van der Waals surface area contributed by atoms with Crippen LogP contribution >= 0.6 is 0 Å². The fourth-order valence-corrected chi connectivity index (χ4v) is 2.41. The van der Waals surface area contributed by atoms with E-state index in [0.29, 0.717) is 24.2 Å². The number of hydrogen-bond donors (Lipinski definition) is 1. The van der Waals surface area contributed by atoms with E-state index < -0.39 is 5.97 Å². The maximum absolute atomic E-state index is 12.1. The lowest BCUT2D eigenvalue weighted by molar-refractivity contribution is -0.119. The van der Waals surface area contributed by atoms with E-state index in [1.165, 1.54) is 6.07 Å². The van der Waals surface area contributed by atoms with Crippen LogP contribution in [0.1, 0.15) is 33.7 Å². The first-order valence-electron chi connectivity index (χ1n) is 6.51. The number of anilines is 1. The molecule has 1 aliphatic heterocycles. The summed E-state index contributed by atoms with van der Waals surface area (Å²) in [5.74, 6) is -0.995. The lowest BCUT2D eigenvalue weighted by Gasteiger charge is -2.29. The van der Waals surface area contributed by atoms with Crippen LogP contribution in [0.25, 0.3) is 0 Å². The van der Waals surface area contributed by atoms with Gasteiger partial charge in [-0.3, -0.25) is 4.79 Å². The normalized spacial score (nSPS) is 14.1. The Balaban J connectivity index is 1.97. The van der Waals surface area contributed by atoms with E-state index in [1.54, 1.807) is 24.0 Å². The number of nitrogens with zero attached hydrogens (tertiary/aromatic N) is 3. The number of benzene rings is 1. The Morgan fingerprint density at radius 2 is 2.19 bits per heavy atom. The first-order chi connectivity index (χ1) is 10.1. The molecule has 1 N–H and O–H groups in total. The topological polar surface area (TPSA) is 96.5 Å². The fourth-order valence-electron chi connectivity index (χ4n) is 2.41. The van der Waals surface area contributed by atoms with Crippen molar-refractivity contribution in [3.05, 3.63) is 40.7 Å². The van der Waals surface area contributed by atoms with Crippen LogP contribution in [-0.2, 0) is 17.8 Å². The van der Waals surface area contributed by atoms with Crippen LogP contribution in [0.3, 0.4) is 0 Å². The Hall–Kier alpha value is -2.70. The molecule has 2 heterocycles. The Morgan fingerprint density at radius 1 is 1.38 bits per heavy atom. The quantitative estimate of drug-likeness (QED) is 0.920. The van der Waals surface area contributed by atoms with Gasteiger partial charge in [0, 0.05) is 12.1 Å². The van der Waals surface area contributed by atoms with Crippen molar-refractivity contribution >= 4 is 17.6 Å². The monoisotopic (exact) mass is 287 g/mol. The van der Waals surface area contributed by atoms with E-state index in [2.05, 4.69) is 14.9 Å². The van der Waals surface area contributed by atoms with Gasteiger partial charge in [-0.05, 0) is 37.1 Å². The van der Waals surface area contributed by atoms with Crippen molar-refractivity contribution < 1.29 is 19.3 Å². The van der Waals surface area contributed by atoms with Crippen LogP contribution in [0, 0.1) is 6.92 Å². The summed E-state index contributed by atoms with van der Waals surface area (Å²) in [7, 11) is 0. The number of aromatic nitrogens is 2. The zero-order valence-electron chi connectivity index (χ0n) is 11.4. The molecule has 0 unspecified atom stereocenters. The van der Waals surface area contributed by atoms with Gasteiger partial charge in [-0.1, -0.05) is 10.3 Å². The molecule has 0 bridgehead atoms. The van der Waals surface area contributed by atoms with E-state index in [0.717, 1.165) is 11.3 Å². The third-order valence-corrected chi connectivity index (χ3v) is 3.58. The molecule has 0 aliphatic carbocycles. The van der Waals surface area contributed by atoms with Gasteiger partial charge in [0.05, 0.1) is 12.1 Å². The van der Waals surface area contributed by atoms with E-state index in [-0.39, 0.29) is 18.0 Å². The fraction of sp³-hybridized carbons (Fsp3) is 0.286. The van der Waals surface area contributed by atoms with Gasteiger partial charge < -0.3 is 10.0 Å². The smallest absolute Gasteiger partial charge is 0.335 e. The number of carboxylic acid groups (broad SMARTS) is 1. The van der Waals surface area contributed by atoms with Crippen LogP contribution in [0.5, 0.6) is 0 Å². The second-order valence-corrected chi connectivity index (χ2v) is 4.92. The average molecular weight is 287 g/mol. The van der Waals surface area contributed by atoms with Gasteiger partial charge in [-0.2, -0.15) is 0 Å². The van der Waals surface area contributed by atoms with Gasteiger partial charge in [-0.15, -0.1) is 0 Å². The number of carbonyl (C=O) groups excluding carboxylic acids is 1. The summed E-state index contributed by atoms with van der Waals surface area (Å²) in [6.45, 7) is 2.03. The van der Waals surface area contributed by atoms with Crippen molar-refractivity contribution in [2.24, 2.45) is 0 Å². The third kappa shape index (κ3) is 2.37. The molecule has 0 saturated heterocycles. The number of rotatable bonds is 3. The molecule has 1 aromatic heterocycles. The van der Waals surface area contributed by atoms with E-state index in [9.17, 15) is 9.59 Å². The molecule has 0 saturated carbocycles. The highest BCUT2D eigenvalue weighted by Crippen LogP contribution is 2.30. The number of carbonyl (C=O) groups is 2. The van der Waals surface area contributed by atoms with E-state index in [4.69, 9.17) is 5.11 Å². The zero-order chi connectivity index (χ0) is 15.0. The molecule has 3 rings (SSSR count). The largest absolute Gasteiger partial charge is 0.478 e. The van der Waals surface area contributed by atoms with E-state index in [1.807, 2.05) is 0 Å². The molecule has 0 radical (unpaired) electrons. The zero-order valence-corrected chi connectivity index (χ0v) is 11.4. The summed E-state index contributed by atoms with van der Waals surface area (Å²) in [6.07, 6.45) is 0.891. The Kier molecular flexibility index (Phi) is 3.17. The summed E-state index contributed by atoms with van der Waals surface area (Å²) in [5.41, 5.74) is 3.03. The summed E-state index contributed by atoms with van der Waals surface area (Å²) < 4.78 is 4.64. The molecule has 2 aromatic rings. The molecular weight excluding hydrogens is 274 g/mol. The van der Waals surface area contributed by atoms with Crippen molar-refractivity contribution in [1.82, 2.24) is 10.3 Å². The van der Waals surface area contributed by atoms with Gasteiger partial charge in [0.15, 0.2) is 0 Å². The van der Waals surface area contributed by atoms with Gasteiger partial charge in [-0.25, -0.2) is 9.42 Å². The van der Waals surface area contributed by atoms with Gasteiger partial charge >= 0.3 is 5.97 Å². The number of amides is 1. The lowest BCUT2D eigenvalue weighted by atomic mass is 9.98. The standard InChI is InChI=1S/C14H13N3O4/c1-8-11(16-21-15-8)7-17-12-4-2-10(14(19)20)6-9(12)3-5-13(17)18/h2,4,6H,3,5,7H2,1H3,(H,19,20). The first kappa shape index (κ1) is 13.3. The van der Waals surface area contributed by atoms with Crippen molar-refractivity contribution in [3.63, 3.8) is 0 Å². The second kappa shape index (κ2) is 5.01. The number of carboxylic acids is 1. The van der Waals surface area contributed by atoms with Crippen LogP contribution in [-0.4, -0.2) is 27.3 Å². The van der Waals surface area contributed by atoms with Crippen LogP contribution in [0.2, 0.25) is 0 Å². The van der Waals surface area contributed by atoms with Crippen molar-refractivity contribution in [2.75, 3.05) is 4.90 Å². The number of fused-ring (bicyclic) bond motifs is 1. The van der Waals surface area contributed by atoms with Crippen LogP contribution < -0.4 is 4.90 Å². The number of aromatic carboxylic acids is 1. The lowest BCUT2D eigenvalue weighted by Crippen LogP contribution is -2.35. The summed E-state index contributed by atoms with van der Waals surface area (Å²) in [4.78, 5) is 24.8. The predicted molar refractivity (Wildman–Crippen MR) is 71.9 cm³/mol. The van der Waals surface area contributed by atoms with Crippen molar-refractivity contribution in [3.8, 4) is 0 Å². The highest BCUT2D eigenvalue weighted by Gasteiger charge is 2.26. The minimum Gasteiger partial charge on any atom is -0.478 e. The minimum atomic E-state index is -0.974. The van der Waals surface area contributed by atoms with E-state index >= 15 is 0 Å². The highest BCUT2D eigenvalue weighted by molar-refractivity contribution is 5.97. The molecule has 108 valence electrons. The maximum Gasteiger partial charge on any atom is 0.335 e. The number of aryl methyl sites for hydroxylation is 2. The average Bonchev–Trinajstić information content (AvgIpc) is 2.87. The molecule has 7 heteroatoms. The molecule has 7 nitrogen and oxygen atoms in total.